The maximum Gasteiger partial charge on any atom is 0.273 e. The van der Waals surface area contributed by atoms with Gasteiger partial charge in [0.1, 0.15) is 5.01 Å². The summed E-state index contributed by atoms with van der Waals surface area (Å²) in [4.78, 5) is 12.4. The van der Waals surface area contributed by atoms with Crippen molar-refractivity contribution in [2.75, 3.05) is 0 Å². The Morgan fingerprint density at radius 1 is 1.26 bits per heavy atom. The lowest BCUT2D eigenvalue weighted by atomic mass is 10.1. The Kier molecular flexibility index (Phi) is 3.17. The molecule has 7 nitrogen and oxygen atoms in total. The molecule has 1 aromatic carbocycles. The maximum atomic E-state index is 11.1. The van der Waals surface area contributed by atoms with Gasteiger partial charge in [-0.1, -0.05) is 29.5 Å². The third-order valence-electron chi connectivity index (χ3n) is 3.39. The summed E-state index contributed by atoms with van der Waals surface area (Å²) >= 11 is 2.92. The van der Waals surface area contributed by atoms with Crippen molar-refractivity contribution in [1.29, 1.82) is 0 Å². The predicted octanol–water partition coefficient (Wildman–Crippen LogP) is 3.80. The maximum absolute atomic E-state index is 11.1. The van der Waals surface area contributed by atoms with E-state index < -0.39 is 0 Å². The molecule has 0 N–H and O–H groups in total. The first-order chi connectivity index (χ1) is 11.1. The quantitative estimate of drug-likeness (QED) is 0.417. The summed E-state index contributed by atoms with van der Waals surface area (Å²) in [5.74, 6) is 0.680. The van der Waals surface area contributed by atoms with Gasteiger partial charge in [0.15, 0.2) is 5.82 Å². The van der Waals surface area contributed by atoms with Crippen LogP contribution in [0, 0.1) is 17.0 Å². The molecule has 0 saturated heterocycles. The van der Waals surface area contributed by atoms with Crippen LogP contribution < -0.4 is 0 Å². The molecule has 114 valence electrons. The van der Waals surface area contributed by atoms with Crippen LogP contribution in [0.1, 0.15) is 5.56 Å². The number of hydrogen-bond donors (Lipinski definition) is 0. The summed E-state index contributed by atoms with van der Waals surface area (Å²) in [5.41, 5.74) is 1.42. The molecule has 3 aromatic heterocycles. The Morgan fingerprint density at radius 3 is 2.87 bits per heavy atom. The average molecular weight is 343 g/mol. The van der Waals surface area contributed by atoms with Crippen LogP contribution in [0.25, 0.3) is 26.2 Å². The summed E-state index contributed by atoms with van der Waals surface area (Å²) in [5, 5.41) is 26.6. The van der Waals surface area contributed by atoms with Crippen molar-refractivity contribution in [3.8, 4) is 21.3 Å². The highest BCUT2D eigenvalue weighted by Gasteiger charge is 2.17. The second kappa shape index (κ2) is 5.21. The van der Waals surface area contributed by atoms with E-state index >= 15 is 0 Å². The minimum absolute atomic E-state index is 0.0898. The zero-order valence-electron chi connectivity index (χ0n) is 11.8. The smallest absolute Gasteiger partial charge is 0.258 e. The average Bonchev–Trinajstić information content (AvgIpc) is 3.23. The normalized spacial score (nSPS) is 11.2. The van der Waals surface area contributed by atoms with Gasteiger partial charge in [0.05, 0.1) is 9.80 Å². The molecule has 0 aliphatic heterocycles. The number of thiophene rings is 1. The standard InChI is InChI=1S/C14H9N5O2S2/c1-8-4-5-9(7-10(8)19(20)21)13-17-18-12(11-3-2-6-22-11)15-16-14(18)23-13/h2-7H,1H3. The molecule has 0 aliphatic carbocycles. The first kappa shape index (κ1) is 14.0. The number of hydrogen-bond acceptors (Lipinski definition) is 7. The molecular weight excluding hydrogens is 334 g/mol. The molecule has 9 heteroatoms. The first-order valence-electron chi connectivity index (χ1n) is 6.65. The van der Waals surface area contributed by atoms with Crippen molar-refractivity contribution in [2.24, 2.45) is 0 Å². The summed E-state index contributed by atoms with van der Waals surface area (Å²) in [6.07, 6.45) is 0. The zero-order chi connectivity index (χ0) is 16.0. The van der Waals surface area contributed by atoms with E-state index in [0.717, 1.165) is 4.88 Å². The van der Waals surface area contributed by atoms with Crippen LogP contribution in [-0.4, -0.2) is 24.7 Å². The van der Waals surface area contributed by atoms with Crippen molar-refractivity contribution in [3.05, 3.63) is 51.4 Å². The molecule has 4 aromatic rings. The molecule has 3 heterocycles. The molecule has 0 bridgehead atoms. The van der Waals surface area contributed by atoms with Gasteiger partial charge in [-0.3, -0.25) is 10.1 Å². The van der Waals surface area contributed by atoms with Gasteiger partial charge in [-0.25, -0.2) is 0 Å². The fourth-order valence-electron chi connectivity index (χ4n) is 2.23. The molecule has 23 heavy (non-hydrogen) atoms. The fraction of sp³-hybridized carbons (Fsp3) is 0.0714. The summed E-state index contributed by atoms with van der Waals surface area (Å²) in [6, 6.07) is 9.01. The molecule has 0 atom stereocenters. The van der Waals surface area contributed by atoms with Crippen molar-refractivity contribution in [3.63, 3.8) is 0 Å². The Labute approximate surface area is 138 Å². The Hall–Kier alpha value is -2.65. The second-order valence-electron chi connectivity index (χ2n) is 4.86. The molecule has 0 aliphatic rings. The minimum Gasteiger partial charge on any atom is -0.258 e. The van der Waals surface area contributed by atoms with E-state index in [-0.39, 0.29) is 10.6 Å². The largest absolute Gasteiger partial charge is 0.273 e. The Morgan fingerprint density at radius 2 is 2.13 bits per heavy atom. The van der Waals surface area contributed by atoms with Crippen molar-refractivity contribution >= 4 is 33.3 Å². The fourth-order valence-corrected chi connectivity index (χ4v) is 3.76. The van der Waals surface area contributed by atoms with Gasteiger partial charge >= 0.3 is 0 Å². The predicted molar refractivity (Wildman–Crippen MR) is 88.8 cm³/mol. The zero-order valence-corrected chi connectivity index (χ0v) is 13.5. The SMILES string of the molecule is Cc1ccc(-c2nn3c(-c4cccs4)nnc3s2)cc1[N+](=O)[O-]. The number of fused-ring (bicyclic) bond motifs is 1. The number of benzene rings is 1. The number of nitrogens with zero attached hydrogens (tertiary/aromatic N) is 5. The number of nitro groups is 1. The molecule has 0 unspecified atom stereocenters. The van der Waals surface area contributed by atoms with E-state index in [1.807, 2.05) is 23.6 Å². The highest BCUT2D eigenvalue weighted by molar-refractivity contribution is 7.19. The topological polar surface area (TPSA) is 86.2 Å². The van der Waals surface area contributed by atoms with Crippen LogP contribution in [0.15, 0.2) is 35.7 Å². The van der Waals surface area contributed by atoms with Crippen LogP contribution in [0.3, 0.4) is 0 Å². The molecule has 0 fully saturated rings. The van der Waals surface area contributed by atoms with E-state index in [1.165, 1.54) is 11.3 Å². The van der Waals surface area contributed by atoms with Gasteiger partial charge in [0, 0.05) is 17.2 Å². The van der Waals surface area contributed by atoms with Crippen molar-refractivity contribution in [2.45, 2.75) is 6.92 Å². The monoisotopic (exact) mass is 343 g/mol. The van der Waals surface area contributed by atoms with Crippen LogP contribution in [0.5, 0.6) is 0 Å². The molecule has 0 saturated carbocycles. The van der Waals surface area contributed by atoms with Crippen LogP contribution in [0.2, 0.25) is 0 Å². The van der Waals surface area contributed by atoms with Crippen LogP contribution in [-0.2, 0) is 0 Å². The highest BCUT2D eigenvalue weighted by Crippen LogP contribution is 2.32. The number of aryl methyl sites for hydroxylation is 1. The first-order valence-corrected chi connectivity index (χ1v) is 8.34. The summed E-state index contributed by atoms with van der Waals surface area (Å²) in [6.45, 7) is 1.72. The van der Waals surface area contributed by atoms with E-state index in [2.05, 4.69) is 15.3 Å². The summed E-state index contributed by atoms with van der Waals surface area (Å²) < 4.78 is 1.68. The van der Waals surface area contributed by atoms with Gasteiger partial charge < -0.3 is 0 Å². The third-order valence-corrected chi connectivity index (χ3v) is 5.20. The Bertz CT molecular complexity index is 1020. The second-order valence-corrected chi connectivity index (χ2v) is 6.76. The van der Waals surface area contributed by atoms with Gasteiger partial charge in [-0.2, -0.15) is 9.61 Å². The summed E-state index contributed by atoms with van der Waals surface area (Å²) in [7, 11) is 0. The van der Waals surface area contributed by atoms with E-state index in [0.29, 0.717) is 26.9 Å². The van der Waals surface area contributed by atoms with Gasteiger partial charge in [-0.05, 0) is 18.4 Å². The van der Waals surface area contributed by atoms with Gasteiger partial charge in [-0.15, -0.1) is 21.5 Å². The van der Waals surface area contributed by atoms with E-state index in [9.17, 15) is 10.1 Å². The molecule has 0 spiro atoms. The lowest BCUT2D eigenvalue weighted by Gasteiger charge is -1.99. The number of rotatable bonds is 3. The third kappa shape index (κ3) is 2.30. The minimum atomic E-state index is -0.379. The molecule has 0 radical (unpaired) electrons. The van der Waals surface area contributed by atoms with Crippen molar-refractivity contribution in [1.82, 2.24) is 19.8 Å². The number of nitro benzene ring substituents is 1. The lowest BCUT2D eigenvalue weighted by molar-refractivity contribution is -0.385. The van der Waals surface area contributed by atoms with E-state index in [4.69, 9.17) is 0 Å². The van der Waals surface area contributed by atoms with Crippen molar-refractivity contribution < 1.29 is 4.92 Å². The van der Waals surface area contributed by atoms with Gasteiger partial charge in [0.25, 0.3) is 5.69 Å². The molecule has 4 rings (SSSR count). The number of aromatic nitrogens is 4. The molecular formula is C14H9N5O2S2. The molecule has 0 amide bonds. The lowest BCUT2D eigenvalue weighted by Crippen LogP contribution is -1.93. The highest BCUT2D eigenvalue weighted by atomic mass is 32.1. The van der Waals surface area contributed by atoms with Gasteiger partial charge in [0.2, 0.25) is 4.96 Å². The van der Waals surface area contributed by atoms with Crippen LogP contribution >= 0.6 is 22.7 Å². The Balaban J connectivity index is 1.84. The van der Waals surface area contributed by atoms with Crippen LogP contribution in [0.4, 0.5) is 5.69 Å². The van der Waals surface area contributed by atoms with E-state index in [1.54, 1.807) is 34.9 Å².